The number of benzene rings is 8. The van der Waals surface area contributed by atoms with Crippen molar-refractivity contribution in [2.45, 2.75) is 119 Å². The Balaban J connectivity index is 0.000000244. The van der Waals surface area contributed by atoms with Gasteiger partial charge in [0, 0.05) is 33.6 Å². The van der Waals surface area contributed by atoms with Gasteiger partial charge in [-0.2, -0.15) is 21.0 Å². The van der Waals surface area contributed by atoms with E-state index >= 15 is 0 Å². The molecule has 0 amide bonds. The quantitative estimate of drug-likeness (QED) is 0.0403. The van der Waals surface area contributed by atoms with Crippen molar-refractivity contribution in [1.29, 1.82) is 0 Å². The number of nitrogens with one attached hydrogen (secondary N) is 2. The molecule has 0 heterocycles. The summed E-state index contributed by atoms with van der Waals surface area (Å²) < 4.78 is 65.6. The van der Waals surface area contributed by atoms with Crippen molar-refractivity contribution < 1.29 is 49.3 Å². The lowest BCUT2D eigenvalue weighted by Crippen LogP contribution is -2.23. The molecule has 16 heteroatoms. The van der Waals surface area contributed by atoms with Gasteiger partial charge < -0.3 is 29.8 Å². The highest BCUT2D eigenvalue weighted by Crippen LogP contribution is 2.46. The first kappa shape index (κ1) is 65.8. The third kappa shape index (κ3) is 18.0. The summed E-state index contributed by atoms with van der Waals surface area (Å²) in [4.78, 5) is 0. The van der Waals surface area contributed by atoms with Crippen molar-refractivity contribution >= 4 is 51.5 Å². The first-order valence-corrected chi connectivity index (χ1v) is 31.5. The maximum Gasteiger partial charge on any atom is 0.394 e. The monoisotopic (exact) mass is 1170 g/mol. The first-order chi connectivity index (χ1) is 38.8. The average molecular weight is 1170 g/mol. The molecule has 0 aromatic heterocycles. The van der Waals surface area contributed by atoms with Crippen LogP contribution < -0.4 is 21.1 Å². The summed E-state index contributed by atoms with van der Waals surface area (Å²) in [5.41, 5.74) is 23.0. The molecule has 0 atom stereocenters. The smallest absolute Gasteiger partial charge is 0.394 e. The van der Waals surface area contributed by atoms with E-state index in [1.807, 2.05) is 0 Å². The van der Waals surface area contributed by atoms with Crippen LogP contribution in [0.5, 0.6) is 0 Å². The minimum atomic E-state index is -4.68. The molecule has 13 nitrogen and oxygen atoms in total. The highest BCUT2D eigenvalue weighted by Gasteiger charge is 2.23. The molecule has 0 fully saturated rings. The Morgan fingerprint density at radius 1 is 0.366 bits per heavy atom. The van der Waals surface area contributed by atoms with E-state index in [1.165, 1.54) is 101 Å². The van der Waals surface area contributed by atoms with Crippen LogP contribution in [-0.4, -0.2) is 30.1 Å². The maximum atomic E-state index is 9.94. The Labute approximate surface area is 487 Å². The molecule has 0 aliphatic rings. The van der Waals surface area contributed by atoms with Crippen LogP contribution in [0, 0.1) is 0 Å². The van der Waals surface area contributed by atoms with Crippen LogP contribution in [0.2, 0.25) is 0 Å². The van der Waals surface area contributed by atoms with E-state index in [2.05, 4.69) is 284 Å². The highest BCUT2D eigenvalue weighted by atomic mass is 32.9. The second-order valence-electron chi connectivity index (χ2n) is 21.4. The normalized spacial score (nSPS) is 11.4. The van der Waals surface area contributed by atoms with Gasteiger partial charge in [-0.15, -0.1) is 0 Å². The molecule has 8 rings (SSSR count). The van der Waals surface area contributed by atoms with Crippen molar-refractivity contribution in [2.24, 2.45) is 0 Å². The zero-order chi connectivity index (χ0) is 60.5. The largest absolute Gasteiger partial charge is 0.707 e. The van der Waals surface area contributed by atoms with Gasteiger partial charge in [0.2, 0.25) is 0 Å². The van der Waals surface area contributed by atoms with E-state index < -0.39 is 28.7 Å². The summed E-state index contributed by atoms with van der Waals surface area (Å²) in [6.07, 6.45) is 0. The van der Waals surface area contributed by atoms with Crippen molar-refractivity contribution in [2.75, 3.05) is 10.6 Å². The molecule has 0 spiro atoms. The van der Waals surface area contributed by atoms with Gasteiger partial charge in [0.1, 0.15) is 0 Å². The number of hydrogen-bond acceptors (Lipinski definition) is 11. The molecular weight excluding hydrogens is 1090 g/mol. The topological polar surface area (TPSA) is 214 Å². The first-order valence-electron chi connectivity index (χ1n) is 27.1. The average Bonchev–Trinajstić information content (AvgIpc) is 3.48. The van der Waals surface area contributed by atoms with E-state index in [9.17, 15) is 12.6 Å². The summed E-state index contributed by atoms with van der Waals surface area (Å²) in [6.45, 7) is 27.6. The van der Waals surface area contributed by atoms with E-state index in [1.54, 1.807) is 0 Å². The third-order valence-corrected chi connectivity index (χ3v) is 15.6. The molecule has 0 unspecified atom stereocenters. The van der Waals surface area contributed by atoms with Crippen molar-refractivity contribution in [3.8, 4) is 44.5 Å². The van der Waals surface area contributed by atoms with Crippen LogP contribution in [0.3, 0.4) is 0 Å². The molecule has 8 aromatic carbocycles. The Morgan fingerprint density at radius 2 is 0.585 bits per heavy atom. The van der Waals surface area contributed by atoms with Crippen LogP contribution in [0.4, 0.5) is 22.7 Å². The fraction of sp³-hybridized carbons (Fsp3) is 0.273. The highest BCUT2D eigenvalue weighted by molar-refractivity contribution is 8.32. The van der Waals surface area contributed by atoms with Gasteiger partial charge in [-0.05, 0) is 91.1 Å². The van der Waals surface area contributed by atoms with Gasteiger partial charge in [-0.3, -0.25) is 9.11 Å². The van der Waals surface area contributed by atoms with Gasteiger partial charge >= 0.3 is 28.7 Å². The fourth-order valence-corrected chi connectivity index (χ4v) is 9.70. The summed E-state index contributed by atoms with van der Waals surface area (Å²) in [5.74, 6) is 2.68. The molecule has 0 saturated carbocycles. The molecule has 0 bridgehead atoms. The van der Waals surface area contributed by atoms with Gasteiger partial charge in [0.05, 0.1) is 11.4 Å². The lowest BCUT2D eigenvalue weighted by Gasteiger charge is -2.26. The van der Waals surface area contributed by atoms with Gasteiger partial charge in [0.25, 0.3) is 0 Å². The SMILES string of the molecule is CC(C)c1cc(C(C)C)c(Nc2c(-c3ccccc3)cccc2-c2ccccc2)c(C(C)C)c1.CC(C)c1cc(C(C)C)c(Nc2c(-c3ccccc3)cccc2-c2ccccc2)c(C(C)C)c1.O=S(=O)(O)O.O=S(=O)=S(=O)(O[O-])O[O-]. The van der Waals surface area contributed by atoms with E-state index in [-0.39, 0.29) is 0 Å². The molecule has 436 valence electrons. The number of para-hydroxylation sites is 2. The van der Waals surface area contributed by atoms with Gasteiger partial charge in [0.15, 0.2) is 0 Å². The zero-order valence-corrected chi connectivity index (χ0v) is 51.0. The Kier molecular flexibility index (Phi) is 24.4. The predicted octanol–water partition coefficient (Wildman–Crippen LogP) is 16.1. The lowest BCUT2D eigenvalue weighted by atomic mass is 9.86. The van der Waals surface area contributed by atoms with Crippen molar-refractivity contribution in [1.82, 2.24) is 0 Å². The number of hydrogen-bond donors (Lipinski definition) is 4. The lowest BCUT2D eigenvalue weighted by molar-refractivity contribution is -0.670. The molecule has 4 N–H and O–H groups in total. The van der Waals surface area contributed by atoms with Crippen LogP contribution in [-0.2, 0) is 37.4 Å². The molecule has 0 aliphatic heterocycles. The second-order valence-corrected chi connectivity index (χ2v) is 25.9. The maximum absolute atomic E-state index is 9.94. The van der Waals surface area contributed by atoms with Crippen molar-refractivity contribution in [3.05, 3.63) is 215 Å². The molecule has 0 aliphatic carbocycles. The summed E-state index contributed by atoms with van der Waals surface area (Å²) >= 11 is 0. The molecule has 0 radical (unpaired) electrons. The second kappa shape index (κ2) is 30.4. The number of anilines is 4. The van der Waals surface area contributed by atoms with Crippen LogP contribution in [0.1, 0.15) is 152 Å². The van der Waals surface area contributed by atoms with Gasteiger partial charge in [-0.25, -0.2) is 0 Å². The van der Waals surface area contributed by atoms with Gasteiger partial charge in [-0.1, -0.05) is 265 Å². The van der Waals surface area contributed by atoms with Crippen LogP contribution in [0.15, 0.2) is 182 Å². The number of rotatable bonds is 16. The van der Waals surface area contributed by atoms with Crippen LogP contribution >= 0.6 is 0 Å². The molecule has 8 aromatic rings. The molecular formula is C66H76N2O11S3-2. The van der Waals surface area contributed by atoms with E-state index in [0.717, 1.165) is 0 Å². The summed E-state index contributed by atoms with van der Waals surface area (Å²) in [7, 11) is -12.8. The Morgan fingerprint density at radius 3 is 0.744 bits per heavy atom. The standard InChI is InChI=1S/2C33H37N.H2O7S2.H2O4S/c2*1-22(2)27-20-30(23(3)4)33(31(21-27)24(5)6)34-32-28(25-14-9-7-10-15-25)18-13-19-29(32)26-16-11-8-12-17-26;1-6-9(5,7-2)8(3)4;1-5(2,3)4/h2*7-24,34H,1-6H3;1-2H;(H2,1,2,3,4)/p-2. The minimum absolute atomic E-state index is 0.419. The Bertz CT molecular complexity index is 3320. The third-order valence-electron chi connectivity index (χ3n) is 13.6. The summed E-state index contributed by atoms with van der Waals surface area (Å²) in [6, 6.07) is 65.8. The Hall–Kier alpha value is -6.96. The zero-order valence-electron chi connectivity index (χ0n) is 48.6. The predicted molar refractivity (Wildman–Crippen MR) is 332 cm³/mol. The van der Waals surface area contributed by atoms with Crippen molar-refractivity contribution in [3.63, 3.8) is 0 Å². The fourth-order valence-electron chi connectivity index (χ4n) is 9.31. The van der Waals surface area contributed by atoms with E-state index in [0.29, 0.717) is 35.5 Å². The summed E-state index contributed by atoms with van der Waals surface area (Å²) in [5, 5.41) is 26.3. The van der Waals surface area contributed by atoms with Crippen LogP contribution in [0.25, 0.3) is 44.5 Å². The molecule has 82 heavy (non-hydrogen) atoms. The minimum Gasteiger partial charge on any atom is -0.707 e. The molecule has 0 saturated heterocycles. The van der Waals surface area contributed by atoms with E-state index in [4.69, 9.17) is 28.0 Å².